The number of halogens is 3. The number of hydrogen-bond donors (Lipinski definition) is 0. The minimum atomic E-state index is -4.56. The quantitative estimate of drug-likeness (QED) is 0.799. The van der Waals surface area contributed by atoms with E-state index in [1.807, 2.05) is 0 Å². The topological polar surface area (TPSA) is 53.3 Å². The van der Waals surface area contributed by atoms with Gasteiger partial charge in [-0.2, -0.15) is 18.4 Å². The molecule has 0 aromatic heterocycles. The average molecular weight is 326 g/mol. The third-order valence-corrected chi connectivity index (χ3v) is 4.01. The molecule has 23 heavy (non-hydrogen) atoms. The number of benzene rings is 1. The summed E-state index contributed by atoms with van der Waals surface area (Å²) in [7, 11) is 0. The van der Waals surface area contributed by atoms with Crippen LogP contribution in [0.1, 0.15) is 31.4 Å². The minimum absolute atomic E-state index is 0.00970. The van der Waals surface area contributed by atoms with Gasteiger partial charge in [0.25, 0.3) is 0 Å². The summed E-state index contributed by atoms with van der Waals surface area (Å²) in [6, 6.07) is 5.20. The number of carbonyl (C=O) groups excluding carboxylic acids is 1. The van der Waals surface area contributed by atoms with E-state index in [9.17, 15) is 18.0 Å². The highest BCUT2D eigenvalue weighted by molar-refractivity contribution is 5.78. The maximum Gasteiger partial charge on any atom is 0.418 e. The van der Waals surface area contributed by atoms with Crippen LogP contribution in [-0.4, -0.2) is 25.7 Å². The molecule has 1 aromatic carbocycles. The second kappa shape index (κ2) is 6.11. The van der Waals surface area contributed by atoms with Crippen LogP contribution < -0.4 is 4.90 Å². The van der Waals surface area contributed by atoms with E-state index in [0.717, 1.165) is 6.07 Å². The van der Waals surface area contributed by atoms with E-state index in [0.29, 0.717) is 13.0 Å². The number of alkyl halides is 3. The van der Waals surface area contributed by atoms with Gasteiger partial charge in [0, 0.05) is 18.8 Å². The number of anilines is 1. The van der Waals surface area contributed by atoms with E-state index in [1.165, 1.54) is 17.0 Å². The Morgan fingerprint density at radius 2 is 2.17 bits per heavy atom. The highest BCUT2D eigenvalue weighted by atomic mass is 19.4. The Balaban J connectivity index is 2.34. The van der Waals surface area contributed by atoms with Gasteiger partial charge < -0.3 is 9.64 Å². The van der Waals surface area contributed by atoms with Gasteiger partial charge in [-0.05, 0) is 38.5 Å². The molecule has 0 aliphatic carbocycles. The van der Waals surface area contributed by atoms with Crippen molar-refractivity contribution in [3.63, 3.8) is 0 Å². The predicted octanol–water partition coefficient (Wildman–Crippen LogP) is 3.36. The first-order valence-electron chi connectivity index (χ1n) is 7.25. The standard InChI is InChI=1S/C16H17F3N2O2/c1-3-23-14(22)15(2)6-7-21(10-15)13-5-4-11(9-20)8-12(13)16(17,18)19/h4-5,8H,3,6-7,10H2,1-2H3. The van der Waals surface area contributed by atoms with Crippen LogP contribution in [-0.2, 0) is 15.7 Å². The lowest BCUT2D eigenvalue weighted by atomic mass is 9.90. The van der Waals surface area contributed by atoms with Gasteiger partial charge >= 0.3 is 12.1 Å². The first kappa shape index (κ1) is 17.1. The van der Waals surface area contributed by atoms with Crippen molar-refractivity contribution in [3.05, 3.63) is 29.3 Å². The lowest BCUT2D eigenvalue weighted by Gasteiger charge is -2.26. The van der Waals surface area contributed by atoms with E-state index < -0.39 is 23.1 Å². The number of esters is 1. The van der Waals surface area contributed by atoms with E-state index in [-0.39, 0.29) is 24.4 Å². The Kier molecular flexibility index (Phi) is 4.55. The number of nitriles is 1. The summed E-state index contributed by atoms with van der Waals surface area (Å²) in [6.45, 7) is 4.10. The van der Waals surface area contributed by atoms with Gasteiger partial charge in [0.2, 0.25) is 0 Å². The average Bonchev–Trinajstić information content (AvgIpc) is 2.90. The molecule has 0 saturated carbocycles. The summed E-state index contributed by atoms with van der Waals surface area (Å²) in [4.78, 5) is 13.5. The van der Waals surface area contributed by atoms with Gasteiger partial charge in [-0.15, -0.1) is 0 Å². The zero-order valence-electron chi connectivity index (χ0n) is 12.9. The second-order valence-electron chi connectivity index (χ2n) is 5.79. The van der Waals surface area contributed by atoms with Gasteiger partial charge in [0.15, 0.2) is 0 Å². The number of nitrogens with zero attached hydrogens (tertiary/aromatic N) is 2. The molecule has 0 spiro atoms. The fourth-order valence-electron chi connectivity index (χ4n) is 2.75. The van der Waals surface area contributed by atoms with E-state index in [2.05, 4.69) is 0 Å². The van der Waals surface area contributed by atoms with E-state index >= 15 is 0 Å². The lowest BCUT2D eigenvalue weighted by molar-refractivity contribution is -0.153. The van der Waals surface area contributed by atoms with Crippen LogP contribution in [0.2, 0.25) is 0 Å². The molecule has 0 bridgehead atoms. The maximum absolute atomic E-state index is 13.3. The number of rotatable bonds is 3. The molecule has 4 nitrogen and oxygen atoms in total. The Bertz CT molecular complexity index is 652. The first-order valence-corrected chi connectivity index (χ1v) is 7.25. The summed E-state index contributed by atoms with van der Waals surface area (Å²) < 4.78 is 44.8. The smallest absolute Gasteiger partial charge is 0.418 e. The Morgan fingerprint density at radius 1 is 1.48 bits per heavy atom. The third-order valence-electron chi connectivity index (χ3n) is 4.01. The molecule has 1 atom stereocenters. The predicted molar refractivity (Wildman–Crippen MR) is 77.7 cm³/mol. The fourth-order valence-corrected chi connectivity index (χ4v) is 2.75. The van der Waals surface area contributed by atoms with Crippen molar-refractivity contribution in [1.29, 1.82) is 5.26 Å². The molecule has 0 amide bonds. The van der Waals surface area contributed by atoms with Crippen LogP contribution in [0.5, 0.6) is 0 Å². The van der Waals surface area contributed by atoms with Crippen LogP contribution in [0.15, 0.2) is 18.2 Å². The highest BCUT2D eigenvalue weighted by Crippen LogP contribution is 2.41. The molecule has 1 saturated heterocycles. The Hall–Kier alpha value is -2.23. The molecule has 2 rings (SSSR count). The second-order valence-corrected chi connectivity index (χ2v) is 5.79. The summed E-state index contributed by atoms with van der Waals surface area (Å²) >= 11 is 0. The van der Waals surface area contributed by atoms with Gasteiger partial charge in [-0.3, -0.25) is 4.79 Å². The maximum atomic E-state index is 13.3. The molecule has 124 valence electrons. The van der Waals surface area contributed by atoms with Crippen molar-refractivity contribution in [2.75, 3.05) is 24.6 Å². The molecule has 0 radical (unpaired) electrons. The molecular formula is C16H17F3N2O2. The minimum Gasteiger partial charge on any atom is -0.466 e. The van der Waals surface area contributed by atoms with Crippen molar-refractivity contribution >= 4 is 11.7 Å². The molecule has 1 aliphatic heterocycles. The largest absolute Gasteiger partial charge is 0.466 e. The fraction of sp³-hybridized carbons (Fsp3) is 0.500. The van der Waals surface area contributed by atoms with Crippen molar-refractivity contribution in [1.82, 2.24) is 0 Å². The summed E-state index contributed by atoms with van der Waals surface area (Å²) in [6.07, 6.45) is -4.14. The van der Waals surface area contributed by atoms with Crippen molar-refractivity contribution in [2.24, 2.45) is 5.41 Å². The molecule has 7 heteroatoms. The first-order chi connectivity index (χ1) is 10.7. The van der Waals surface area contributed by atoms with Crippen molar-refractivity contribution in [2.45, 2.75) is 26.4 Å². The summed E-state index contributed by atoms with van der Waals surface area (Å²) in [5, 5.41) is 8.81. The molecule has 1 fully saturated rings. The van der Waals surface area contributed by atoms with Gasteiger partial charge in [0.1, 0.15) is 0 Å². The normalized spacial score (nSPS) is 21.1. The van der Waals surface area contributed by atoms with Crippen LogP contribution in [0.3, 0.4) is 0 Å². The molecule has 0 N–H and O–H groups in total. The van der Waals surface area contributed by atoms with Crippen molar-refractivity contribution in [3.8, 4) is 6.07 Å². The number of carbonyl (C=O) groups is 1. The summed E-state index contributed by atoms with van der Waals surface area (Å²) in [5.74, 6) is -0.398. The van der Waals surface area contributed by atoms with Crippen LogP contribution in [0.25, 0.3) is 0 Å². The monoisotopic (exact) mass is 326 g/mol. The Morgan fingerprint density at radius 3 is 2.74 bits per heavy atom. The number of hydrogen-bond acceptors (Lipinski definition) is 4. The van der Waals surface area contributed by atoms with Crippen LogP contribution in [0.4, 0.5) is 18.9 Å². The molecule has 1 heterocycles. The van der Waals surface area contributed by atoms with Gasteiger partial charge in [-0.1, -0.05) is 0 Å². The van der Waals surface area contributed by atoms with E-state index in [4.69, 9.17) is 10.00 Å². The molecule has 1 unspecified atom stereocenters. The lowest BCUT2D eigenvalue weighted by Crippen LogP contribution is -2.34. The van der Waals surface area contributed by atoms with Crippen LogP contribution in [0, 0.1) is 16.7 Å². The van der Waals surface area contributed by atoms with Gasteiger partial charge in [-0.25, -0.2) is 0 Å². The summed E-state index contributed by atoms with van der Waals surface area (Å²) in [5.41, 5.74) is -1.74. The van der Waals surface area contributed by atoms with E-state index in [1.54, 1.807) is 19.9 Å². The zero-order valence-corrected chi connectivity index (χ0v) is 12.9. The number of ether oxygens (including phenoxy) is 1. The Labute approximate surface area is 132 Å². The SMILES string of the molecule is CCOC(=O)C1(C)CCN(c2ccc(C#N)cc2C(F)(F)F)C1. The highest BCUT2D eigenvalue weighted by Gasteiger charge is 2.44. The molecular weight excluding hydrogens is 309 g/mol. The molecule has 1 aliphatic rings. The van der Waals surface area contributed by atoms with Crippen LogP contribution >= 0.6 is 0 Å². The van der Waals surface area contributed by atoms with Gasteiger partial charge in [0.05, 0.1) is 29.2 Å². The third kappa shape index (κ3) is 3.41. The molecule has 1 aromatic rings. The van der Waals surface area contributed by atoms with Crippen molar-refractivity contribution < 1.29 is 22.7 Å². The zero-order chi connectivity index (χ0) is 17.3.